The molecule has 0 aromatic heterocycles. The predicted octanol–water partition coefficient (Wildman–Crippen LogP) is 3.02. The molecule has 94 valence electrons. The summed E-state index contributed by atoms with van der Waals surface area (Å²) in [5.41, 5.74) is 1.11. The molecule has 0 fully saturated rings. The molecule has 1 aromatic rings. The van der Waals surface area contributed by atoms with Crippen molar-refractivity contribution in [3.05, 3.63) is 33.4 Å². The van der Waals surface area contributed by atoms with E-state index in [4.69, 9.17) is 6.13 Å². The Bertz CT molecular complexity index is 399. The molecule has 1 rings (SSSR count). The Morgan fingerprint density at radius 1 is 1.18 bits per heavy atom. The summed E-state index contributed by atoms with van der Waals surface area (Å²) in [4.78, 5) is 22.3. The molecule has 0 aliphatic heterocycles. The minimum atomic E-state index is -2.64. The number of rotatable bonds is 4. The first-order valence-corrected chi connectivity index (χ1v) is 8.04. The summed E-state index contributed by atoms with van der Waals surface area (Å²) in [5.74, 6) is -0.753. The zero-order valence-electron chi connectivity index (χ0n) is 10.0. The summed E-state index contributed by atoms with van der Waals surface area (Å²) in [7, 11) is 0. The molecule has 0 saturated carbocycles. The number of carbonyl (C=O) groups is 2. The third kappa shape index (κ3) is 4.72. The van der Waals surface area contributed by atoms with Crippen LogP contribution in [-0.2, 0) is 15.7 Å². The number of halogens is 1. The van der Waals surface area contributed by atoms with E-state index in [0.29, 0.717) is 0 Å². The SMILES string of the molecule is CCC(=O)OI(OC(C)=O)c1ccc(C)cc1. The summed E-state index contributed by atoms with van der Waals surface area (Å²) in [6.45, 7) is 4.99. The molecule has 1 aromatic carbocycles. The molecule has 0 aliphatic carbocycles. The number of benzene rings is 1. The first-order valence-electron chi connectivity index (χ1n) is 5.20. The van der Waals surface area contributed by atoms with Crippen LogP contribution in [0.4, 0.5) is 0 Å². The summed E-state index contributed by atoms with van der Waals surface area (Å²) < 4.78 is 11.1. The van der Waals surface area contributed by atoms with Crippen LogP contribution in [-0.4, -0.2) is 11.9 Å². The Morgan fingerprint density at radius 3 is 2.24 bits per heavy atom. The molecule has 0 amide bonds. The second-order valence-electron chi connectivity index (χ2n) is 3.38. The van der Waals surface area contributed by atoms with Gasteiger partial charge in [0, 0.05) is 0 Å². The van der Waals surface area contributed by atoms with E-state index < -0.39 is 26.6 Å². The average molecular weight is 350 g/mol. The van der Waals surface area contributed by atoms with E-state index in [1.54, 1.807) is 6.92 Å². The van der Waals surface area contributed by atoms with Crippen molar-refractivity contribution in [3.63, 3.8) is 0 Å². The van der Waals surface area contributed by atoms with Gasteiger partial charge in [0.25, 0.3) is 0 Å². The number of carbonyl (C=O) groups excluding carboxylic acids is 2. The molecule has 0 aliphatic rings. The molecule has 0 radical (unpaired) electrons. The van der Waals surface area contributed by atoms with Crippen LogP contribution in [0, 0.1) is 10.5 Å². The number of hydrogen-bond donors (Lipinski definition) is 0. The Kier molecular flexibility index (Phi) is 5.40. The van der Waals surface area contributed by atoms with Gasteiger partial charge >= 0.3 is 109 Å². The third-order valence-corrected chi connectivity index (χ3v) is 5.46. The van der Waals surface area contributed by atoms with Gasteiger partial charge in [0.2, 0.25) is 0 Å². The van der Waals surface area contributed by atoms with E-state index in [0.717, 1.165) is 9.13 Å². The van der Waals surface area contributed by atoms with Crippen LogP contribution in [0.15, 0.2) is 24.3 Å². The zero-order chi connectivity index (χ0) is 12.8. The molecule has 0 spiro atoms. The maximum atomic E-state index is 11.3. The molecular weight excluding hydrogens is 335 g/mol. The first-order chi connectivity index (χ1) is 8.02. The van der Waals surface area contributed by atoms with Crippen molar-refractivity contribution in [3.8, 4) is 0 Å². The van der Waals surface area contributed by atoms with Gasteiger partial charge in [-0.05, 0) is 0 Å². The normalized spacial score (nSPS) is 10.6. The average Bonchev–Trinajstić information content (AvgIpc) is 2.28. The van der Waals surface area contributed by atoms with Crippen LogP contribution in [0.2, 0.25) is 0 Å². The van der Waals surface area contributed by atoms with Gasteiger partial charge in [0.15, 0.2) is 0 Å². The Hall–Kier alpha value is -1.11. The number of aryl methyl sites for hydroxylation is 1. The zero-order valence-corrected chi connectivity index (χ0v) is 12.2. The predicted molar refractivity (Wildman–Crippen MR) is 72.0 cm³/mol. The fraction of sp³-hybridized carbons (Fsp3) is 0.333. The van der Waals surface area contributed by atoms with Gasteiger partial charge in [0.1, 0.15) is 0 Å². The van der Waals surface area contributed by atoms with Crippen molar-refractivity contribution >= 4 is 32.6 Å². The Labute approximate surface area is 109 Å². The van der Waals surface area contributed by atoms with Crippen molar-refractivity contribution in [1.29, 1.82) is 0 Å². The molecule has 0 saturated heterocycles. The standard InChI is InChI=1S/C12H15IO4/c1-4-12(15)17-13(16-10(3)14)11-7-5-9(2)6-8-11/h5-8H,4H2,1-3H3. The van der Waals surface area contributed by atoms with Crippen LogP contribution in [0.5, 0.6) is 0 Å². The summed E-state index contributed by atoms with van der Waals surface area (Å²) in [6, 6.07) is 7.49. The third-order valence-electron chi connectivity index (χ3n) is 1.81. The minimum absolute atomic E-state index is 0.279. The molecule has 0 heterocycles. The first kappa shape index (κ1) is 14.0. The van der Waals surface area contributed by atoms with Crippen LogP contribution in [0.3, 0.4) is 0 Å². The molecule has 0 bridgehead atoms. The van der Waals surface area contributed by atoms with Crippen molar-refractivity contribution in [2.75, 3.05) is 0 Å². The summed E-state index contributed by atoms with van der Waals surface area (Å²) >= 11 is -2.64. The van der Waals surface area contributed by atoms with Gasteiger partial charge in [-0.25, -0.2) is 0 Å². The van der Waals surface area contributed by atoms with E-state index in [-0.39, 0.29) is 12.4 Å². The Morgan fingerprint density at radius 2 is 1.76 bits per heavy atom. The topological polar surface area (TPSA) is 52.6 Å². The van der Waals surface area contributed by atoms with Crippen molar-refractivity contribution in [1.82, 2.24) is 0 Å². The van der Waals surface area contributed by atoms with E-state index >= 15 is 0 Å². The fourth-order valence-electron chi connectivity index (χ4n) is 0.972. The Balaban J connectivity index is 2.85. The maximum absolute atomic E-state index is 11.3. The second kappa shape index (κ2) is 6.58. The van der Waals surface area contributed by atoms with Crippen molar-refractivity contribution < 1.29 is 15.7 Å². The van der Waals surface area contributed by atoms with Crippen molar-refractivity contribution in [2.45, 2.75) is 27.2 Å². The van der Waals surface area contributed by atoms with Crippen LogP contribution in [0.25, 0.3) is 0 Å². The van der Waals surface area contributed by atoms with Gasteiger partial charge in [-0.3, -0.25) is 0 Å². The molecule has 0 unspecified atom stereocenters. The molecule has 5 heteroatoms. The summed E-state index contributed by atoms with van der Waals surface area (Å²) in [6.07, 6.45) is 0.279. The molecule has 0 atom stereocenters. The fourth-order valence-corrected chi connectivity index (χ4v) is 3.84. The van der Waals surface area contributed by atoms with Gasteiger partial charge in [-0.15, -0.1) is 0 Å². The van der Waals surface area contributed by atoms with Gasteiger partial charge in [0.05, 0.1) is 0 Å². The van der Waals surface area contributed by atoms with Crippen LogP contribution < -0.4 is 0 Å². The van der Waals surface area contributed by atoms with Crippen LogP contribution in [0.1, 0.15) is 25.8 Å². The monoisotopic (exact) mass is 350 g/mol. The van der Waals surface area contributed by atoms with Crippen molar-refractivity contribution in [2.24, 2.45) is 0 Å². The van der Waals surface area contributed by atoms with E-state index in [9.17, 15) is 9.59 Å². The van der Waals surface area contributed by atoms with Gasteiger partial charge in [-0.2, -0.15) is 0 Å². The van der Waals surface area contributed by atoms with Crippen LogP contribution >= 0.6 is 20.6 Å². The van der Waals surface area contributed by atoms with E-state index in [2.05, 4.69) is 0 Å². The molecule has 17 heavy (non-hydrogen) atoms. The molecular formula is C12H15IO4. The van der Waals surface area contributed by atoms with E-state index in [1.165, 1.54) is 6.92 Å². The van der Waals surface area contributed by atoms with Gasteiger partial charge in [-0.1, -0.05) is 0 Å². The number of hydrogen-bond acceptors (Lipinski definition) is 4. The quantitative estimate of drug-likeness (QED) is 0.784. The van der Waals surface area contributed by atoms with E-state index in [1.807, 2.05) is 31.2 Å². The van der Waals surface area contributed by atoms with Gasteiger partial charge < -0.3 is 0 Å². The summed E-state index contributed by atoms with van der Waals surface area (Å²) in [5, 5.41) is 0. The molecule has 0 N–H and O–H groups in total. The second-order valence-corrected chi connectivity index (χ2v) is 6.75. The molecule has 4 nitrogen and oxygen atoms in total.